The van der Waals surface area contributed by atoms with Gasteiger partial charge in [-0.1, -0.05) is 51.2 Å². The average molecular weight is 485 g/mol. The minimum Gasteiger partial charge on any atom is -0.356 e. The molecule has 0 fully saturated rings. The zero-order chi connectivity index (χ0) is 20.1. The van der Waals surface area contributed by atoms with Gasteiger partial charge in [0.2, 0.25) is 11.0 Å². The number of benzene rings is 2. The second-order valence-corrected chi connectivity index (χ2v) is 9.21. The Morgan fingerprint density at radius 1 is 1.21 bits per heavy atom. The summed E-state index contributed by atoms with van der Waals surface area (Å²) in [5.41, 5.74) is 1.04. The molecule has 0 aliphatic rings. The lowest BCUT2D eigenvalue weighted by atomic mass is 10.2. The van der Waals surface area contributed by atoms with Crippen LogP contribution in [0.1, 0.15) is 12.5 Å². The Labute approximate surface area is 177 Å². The highest BCUT2D eigenvalue weighted by atomic mass is 79.9. The predicted molar refractivity (Wildman–Crippen MR) is 112 cm³/mol. The molecule has 0 aliphatic heterocycles. The van der Waals surface area contributed by atoms with Crippen molar-refractivity contribution in [1.29, 1.82) is 0 Å². The molecule has 3 rings (SSSR count). The molecular formula is C18H15BrF2N4OS2. The Balaban J connectivity index is 1.53. The fourth-order valence-corrected chi connectivity index (χ4v) is 4.36. The highest BCUT2D eigenvalue weighted by Gasteiger charge is 2.18. The first-order chi connectivity index (χ1) is 13.4. The van der Waals surface area contributed by atoms with Crippen molar-refractivity contribution in [2.24, 2.45) is 0 Å². The first kappa shape index (κ1) is 20.7. The summed E-state index contributed by atoms with van der Waals surface area (Å²) in [5.74, 6) is -1.13. The molecule has 2 aromatic carbocycles. The van der Waals surface area contributed by atoms with Crippen LogP contribution in [-0.2, 0) is 11.3 Å². The molecule has 146 valence electrons. The van der Waals surface area contributed by atoms with E-state index in [1.807, 2.05) is 0 Å². The first-order valence-corrected chi connectivity index (χ1v) is 10.6. The van der Waals surface area contributed by atoms with Crippen molar-refractivity contribution in [3.05, 3.63) is 64.1 Å². The van der Waals surface area contributed by atoms with Crippen LogP contribution in [0.5, 0.6) is 0 Å². The summed E-state index contributed by atoms with van der Waals surface area (Å²) in [5, 5.41) is 13.9. The summed E-state index contributed by atoms with van der Waals surface area (Å²) < 4.78 is 28.0. The Morgan fingerprint density at radius 3 is 2.68 bits per heavy atom. The van der Waals surface area contributed by atoms with Crippen LogP contribution in [-0.4, -0.2) is 21.4 Å². The smallest absolute Gasteiger partial charge is 0.237 e. The van der Waals surface area contributed by atoms with Gasteiger partial charge in [0, 0.05) is 11.0 Å². The van der Waals surface area contributed by atoms with Gasteiger partial charge in [0.15, 0.2) is 4.34 Å². The molecule has 0 aliphatic carbocycles. The van der Waals surface area contributed by atoms with E-state index in [0.29, 0.717) is 20.5 Å². The molecule has 0 saturated heterocycles. The van der Waals surface area contributed by atoms with Gasteiger partial charge < -0.3 is 10.6 Å². The highest BCUT2D eigenvalue weighted by Crippen LogP contribution is 2.30. The molecule has 1 atom stereocenters. The van der Waals surface area contributed by atoms with Crippen LogP contribution in [0.2, 0.25) is 0 Å². The Kier molecular flexibility index (Phi) is 6.97. The fraction of sp³-hybridized carbons (Fsp3) is 0.167. The van der Waals surface area contributed by atoms with Crippen molar-refractivity contribution in [3.8, 4) is 0 Å². The first-order valence-electron chi connectivity index (χ1n) is 8.15. The lowest BCUT2D eigenvalue weighted by Crippen LogP contribution is -2.22. The number of hydrogen-bond acceptors (Lipinski definition) is 6. The fourth-order valence-electron chi connectivity index (χ4n) is 2.14. The summed E-state index contributed by atoms with van der Waals surface area (Å²) in [6.07, 6.45) is 0. The molecule has 0 radical (unpaired) electrons. The molecule has 1 heterocycles. The number of carbonyl (C=O) groups excluding carboxylic acids is 1. The molecule has 5 nitrogen and oxygen atoms in total. The largest absolute Gasteiger partial charge is 0.356 e. The van der Waals surface area contributed by atoms with E-state index in [0.717, 1.165) is 5.56 Å². The van der Waals surface area contributed by atoms with Crippen molar-refractivity contribution in [3.63, 3.8) is 0 Å². The third kappa shape index (κ3) is 5.73. The normalized spacial score (nSPS) is 11.9. The van der Waals surface area contributed by atoms with E-state index in [2.05, 4.69) is 36.8 Å². The second kappa shape index (κ2) is 9.44. The maximum absolute atomic E-state index is 13.9. The van der Waals surface area contributed by atoms with Crippen LogP contribution < -0.4 is 10.6 Å². The predicted octanol–water partition coefficient (Wildman–Crippen LogP) is 5.31. The summed E-state index contributed by atoms with van der Waals surface area (Å²) in [6, 6.07) is 10.6. The van der Waals surface area contributed by atoms with E-state index >= 15 is 0 Å². The van der Waals surface area contributed by atoms with Gasteiger partial charge in [-0.15, -0.1) is 10.2 Å². The maximum Gasteiger partial charge on any atom is 0.237 e. The highest BCUT2D eigenvalue weighted by molar-refractivity contribution is 9.10. The molecule has 1 unspecified atom stereocenters. The number of hydrogen-bond donors (Lipinski definition) is 2. The molecule has 10 heteroatoms. The number of rotatable bonds is 7. The summed E-state index contributed by atoms with van der Waals surface area (Å²) in [6.45, 7) is 2.20. The molecule has 0 bridgehead atoms. The van der Waals surface area contributed by atoms with Gasteiger partial charge >= 0.3 is 0 Å². The van der Waals surface area contributed by atoms with Crippen LogP contribution in [0.25, 0.3) is 0 Å². The summed E-state index contributed by atoms with van der Waals surface area (Å²) >= 11 is 5.72. The molecule has 1 aromatic heterocycles. The standard InChI is InChI=1S/C18H15BrF2N4OS2/c1-10(16(26)23-15-7-4-12(19)8-14(15)21)27-18-25-24-17(28-18)22-9-11-2-5-13(20)6-3-11/h2-8,10H,9H2,1H3,(H,22,24)(H,23,26). The van der Waals surface area contributed by atoms with Crippen LogP contribution >= 0.6 is 39.0 Å². The molecule has 2 N–H and O–H groups in total. The lowest BCUT2D eigenvalue weighted by molar-refractivity contribution is -0.115. The van der Waals surface area contributed by atoms with E-state index < -0.39 is 11.1 Å². The van der Waals surface area contributed by atoms with Gasteiger partial charge in [-0.3, -0.25) is 4.79 Å². The minimum atomic E-state index is -0.511. The van der Waals surface area contributed by atoms with E-state index in [-0.39, 0.29) is 17.4 Å². The van der Waals surface area contributed by atoms with Crippen molar-refractivity contribution in [2.45, 2.75) is 23.1 Å². The number of carbonyl (C=O) groups is 1. The quantitative estimate of drug-likeness (QED) is 0.444. The van der Waals surface area contributed by atoms with Crippen molar-refractivity contribution in [1.82, 2.24) is 10.2 Å². The zero-order valence-electron chi connectivity index (χ0n) is 14.6. The molecule has 0 spiro atoms. The Bertz CT molecular complexity index is 968. The number of aromatic nitrogens is 2. The molecular weight excluding hydrogens is 470 g/mol. The Hall–Kier alpha value is -2.04. The van der Waals surface area contributed by atoms with Gasteiger partial charge in [-0.05, 0) is 42.8 Å². The summed E-state index contributed by atoms with van der Waals surface area (Å²) in [7, 11) is 0. The maximum atomic E-state index is 13.9. The SMILES string of the molecule is CC(Sc1nnc(NCc2ccc(F)cc2)s1)C(=O)Nc1ccc(Br)cc1F. The van der Waals surface area contributed by atoms with Gasteiger partial charge in [0.1, 0.15) is 11.6 Å². The molecule has 3 aromatic rings. The van der Waals surface area contributed by atoms with E-state index in [9.17, 15) is 13.6 Å². The number of nitrogens with one attached hydrogen (secondary N) is 2. The summed E-state index contributed by atoms with van der Waals surface area (Å²) in [4.78, 5) is 12.3. The topological polar surface area (TPSA) is 66.9 Å². The van der Waals surface area contributed by atoms with E-state index in [4.69, 9.17) is 0 Å². The third-order valence-electron chi connectivity index (χ3n) is 3.60. The van der Waals surface area contributed by atoms with Gasteiger partial charge in [-0.25, -0.2) is 8.78 Å². The van der Waals surface area contributed by atoms with Crippen LogP contribution in [0.4, 0.5) is 19.6 Å². The van der Waals surface area contributed by atoms with Gasteiger partial charge in [0.05, 0.1) is 10.9 Å². The van der Waals surface area contributed by atoms with E-state index in [1.54, 1.807) is 25.1 Å². The number of anilines is 2. The number of thioether (sulfide) groups is 1. The van der Waals surface area contributed by atoms with Crippen molar-refractivity contribution >= 4 is 55.8 Å². The van der Waals surface area contributed by atoms with Crippen LogP contribution in [0.15, 0.2) is 51.3 Å². The zero-order valence-corrected chi connectivity index (χ0v) is 17.8. The molecule has 28 heavy (non-hydrogen) atoms. The van der Waals surface area contributed by atoms with Crippen molar-refractivity contribution < 1.29 is 13.6 Å². The number of nitrogens with zero attached hydrogens (tertiary/aromatic N) is 2. The van der Waals surface area contributed by atoms with Gasteiger partial charge in [0.25, 0.3) is 0 Å². The number of amides is 1. The van der Waals surface area contributed by atoms with Crippen LogP contribution in [0.3, 0.4) is 0 Å². The number of halogens is 3. The molecule has 0 saturated carbocycles. The average Bonchev–Trinajstić information content (AvgIpc) is 3.11. The lowest BCUT2D eigenvalue weighted by Gasteiger charge is -2.11. The van der Waals surface area contributed by atoms with Gasteiger partial charge in [-0.2, -0.15) is 0 Å². The molecule has 1 amide bonds. The van der Waals surface area contributed by atoms with Crippen LogP contribution in [0, 0.1) is 11.6 Å². The van der Waals surface area contributed by atoms with E-state index in [1.165, 1.54) is 47.4 Å². The Morgan fingerprint density at radius 2 is 1.96 bits per heavy atom. The van der Waals surface area contributed by atoms with Crippen molar-refractivity contribution in [2.75, 3.05) is 10.6 Å². The third-order valence-corrected chi connectivity index (χ3v) is 6.16. The minimum absolute atomic E-state index is 0.125. The monoisotopic (exact) mass is 484 g/mol. The second-order valence-electron chi connectivity index (χ2n) is 5.73.